The van der Waals surface area contributed by atoms with Crippen molar-refractivity contribution in [1.29, 1.82) is 0 Å². The summed E-state index contributed by atoms with van der Waals surface area (Å²) in [5.74, 6) is 1.50. The van der Waals surface area contributed by atoms with Crippen molar-refractivity contribution in [2.24, 2.45) is 0 Å². The number of rotatable bonds is 3. The zero-order valence-electron chi connectivity index (χ0n) is 12.3. The van der Waals surface area contributed by atoms with Crippen LogP contribution in [0.4, 0.5) is 0 Å². The molecule has 0 fully saturated rings. The Labute approximate surface area is 133 Å². The highest BCUT2D eigenvalue weighted by molar-refractivity contribution is 5.98. The summed E-state index contributed by atoms with van der Waals surface area (Å²) in [5.41, 5.74) is 1.58. The van der Waals surface area contributed by atoms with Crippen molar-refractivity contribution >= 4 is 28.0 Å². The van der Waals surface area contributed by atoms with Gasteiger partial charge < -0.3 is 4.74 Å². The van der Waals surface area contributed by atoms with E-state index in [0.717, 1.165) is 39.5 Å². The summed E-state index contributed by atoms with van der Waals surface area (Å²) in [4.78, 5) is 15.4. The Kier molecular flexibility index (Phi) is 3.24. The number of carbonyl (C=O) groups is 1. The summed E-state index contributed by atoms with van der Waals surface area (Å²) in [6, 6.07) is 21.1. The van der Waals surface area contributed by atoms with Crippen LogP contribution in [0, 0.1) is 0 Å². The predicted molar refractivity (Wildman–Crippen MR) is 91.2 cm³/mol. The first-order chi connectivity index (χ1) is 11.3. The van der Waals surface area contributed by atoms with E-state index in [9.17, 15) is 4.79 Å². The maximum Gasteiger partial charge on any atom is 0.150 e. The van der Waals surface area contributed by atoms with Crippen molar-refractivity contribution in [3.63, 3.8) is 0 Å². The molecule has 3 aromatic carbocycles. The lowest BCUT2D eigenvalue weighted by Gasteiger charge is -2.10. The van der Waals surface area contributed by atoms with Crippen LogP contribution in [0.2, 0.25) is 0 Å². The van der Waals surface area contributed by atoms with Crippen LogP contribution < -0.4 is 4.74 Å². The molecule has 0 bridgehead atoms. The first-order valence-corrected chi connectivity index (χ1v) is 7.35. The van der Waals surface area contributed by atoms with Gasteiger partial charge in [-0.25, -0.2) is 0 Å². The third kappa shape index (κ3) is 2.42. The highest BCUT2D eigenvalue weighted by atomic mass is 16.5. The second-order valence-electron chi connectivity index (χ2n) is 5.28. The molecule has 0 aliphatic rings. The lowest BCUT2D eigenvalue weighted by atomic mass is 10.1. The summed E-state index contributed by atoms with van der Waals surface area (Å²) < 4.78 is 6.04. The Bertz CT molecular complexity index is 1020. The summed E-state index contributed by atoms with van der Waals surface area (Å²) in [7, 11) is 0. The Morgan fingerprint density at radius 3 is 2.70 bits per heavy atom. The van der Waals surface area contributed by atoms with Gasteiger partial charge in [0.2, 0.25) is 0 Å². The number of pyridine rings is 1. The monoisotopic (exact) mass is 299 g/mol. The molecular weight excluding hydrogens is 286 g/mol. The fraction of sp³-hybridized carbons (Fsp3) is 0. The van der Waals surface area contributed by atoms with Crippen LogP contribution in [0.5, 0.6) is 11.5 Å². The van der Waals surface area contributed by atoms with E-state index in [-0.39, 0.29) is 0 Å². The quantitative estimate of drug-likeness (QED) is 0.500. The maximum absolute atomic E-state index is 11.1. The number of fused-ring (bicyclic) bond motifs is 2. The van der Waals surface area contributed by atoms with Crippen molar-refractivity contribution in [2.45, 2.75) is 0 Å². The van der Waals surface area contributed by atoms with Gasteiger partial charge in [0, 0.05) is 17.1 Å². The Morgan fingerprint density at radius 2 is 1.78 bits per heavy atom. The van der Waals surface area contributed by atoms with Gasteiger partial charge in [-0.05, 0) is 47.2 Å². The van der Waals surface area contributed by atoms with E-state index in [4.69, 9.17) is 4.74 Å². The molecule has 3 nitrogen and oxygen atoms in total. The molecule has 0 spiro atoms. The van der Waals surface area contributed by atoms with Gasteiger partial charge in [-0.15, -0.1) is 0 Å². The number of benzene rings is 3. The number of hydrogen-bond donors (Lipinski definition) is 0. The average Bonchev–Trinajstić information content (AvgIpc) is 2.61. The van der Waals surface area contributed by atoms with Gasteiger partial charge in [0.25, 0.3) is 0 Å². The number of nitrogens with zero attached hydrogens (tertiary/aromatic N) is 1. The summed E-state index contributed by atoms with van der Waals surface area (Å²) in [5, 5.41) is 2.87. The molecule has 1 aromatic heterocycles. The molecule has 0 N–H and O–H groups in total. The van der Waals surface area contributed by atoms with Crippen LogP contribution in [0.3, 0.4) is 0 Å². The predicted octanol–water partition coefficient (Wildman–Crippen LogP) is 4.99. The van der Waals surface area contributed by atoms with Gasteiger partial charge in [0.15, 0.2) is 6.29 Å². The first kappa shape index (κ1) is 13.5. The summed E-state index contributed by atoms with van der Waals surface area (Å²) in [6.45, 7) is 0. The van der Waals surface area contributed by atoms with Crippen LogP contribution in [0.25, 0.3) is 21.7 Å². The Balaban J connectivity index is 1.79. The van der Waals surface area contributed by atoms with Crippen molar-refractivity contribution in [1.82, 2.24) is 4.98 Å². The molecule has 110 valence electrons. The molecule has 0 aliphatic carbocycles. The number of hydrogen-bond acceptors (Lipinski definition) is 3. The molecule has 0 saturated carbocycles. The number of ether oxygens (including phenoxy) is 1. The summed E-state index contributed by atoms with van der Waals surface area (Å²) in [6.07, 6.45) is 2.61. The number of carbonyl (C=O) groups excluding carboxylic acids is 1. The highest BCUT2D eigenvalue weighted by Crippen LogP contribution is 2.30. The molecule has 3 heteroatoms. The third-order valence-corrected chi connectivity index (χ3v) is 3.85. The van der Waals surface area contributed by atoms with E-state index < -0.39 is 0 Å². The molecule has 0 amide bonds. The average molecular weight is 299 g/mol. The Hall–Kier alpha value is -3.20. The van der Waals surface area contributed by atoms with Gasteiger partial charge in [0.1, 0.15) is 11.5 Å². The van der Waals surface area contributed by atoms with E-state index in [1.807, 2.05) is 66.7 Å². The van der Waals surface area contributed by atoms with Crippen LogP contribution >= 0.6 is 0 Å². The molecule has 1 heterocycles. The van der Waals surface area contributed by atoms with Crippen molar-refractivity contribution in [3.05, 3.63) is 78.5 Å². The normalized spacial score (nSPS) is 10.8. The van der Waals surface area contributed by atoms with Gasteiger partial charge in [-0.3, -0.25) is 9.78 Å². The zero-order chi connectivity index (χ0) is 15.6. The van der Waals surface area contributed by atoms with Gasteiger partial charge in [-0.1, -0.05) is 30.3 Å². The molecule has 0 atom stereocenters. The van der Waals surface area contributed by atoms with Crippen molar-refractivity contribution in [2.75, 3.05) is 0 Å². The first-order valence-electron chi connectivity index (χ1n) is 7.35. The minimum absolute atomic E-state index is 0.684. The van der Waals surface area contributed by atoms with Crippen LogP contribution in [0.15, 0.2) is 72.9 Å². The third-order valence-electron chi connectivity index (χ3n) is 3.85. The minimum Gasteiger partial charge on any atom is -0.457 e. The largest absolute Gasteiger partial charge is 0.457 e. The zero-order valence-corrected chi connectivity index (χ0v) is 12.3. The van der Waals surface area contributed by atoms with Crippen LogP contribution in [-0.2, 0) is 0 Å². The van der Waals surface area contributed by atoms with E-state index in [0.29, 0.717) is 5.56 Å². The second kappa shape index (κ2) is 5.54. The smallest absolute Gasteiger partial charge is 0.150 e. The second-order valence-corrected chi connectivity index (χ2v) is 5.28. The van der Waals surface area contributed by atoms with Crippen LogP contribution in [-0.4, -0.2) is 11.3 Å². The number of aromatic nitrogens is 1. The molecule has 0 radical (unpaired) electrons. The van der Waals surface area contributed by atoms with E-state index >= 15 is 0 Å². The SMILES string of the molecule is O=Cc1cccc2cc(Oc3ccnc4ccccc34)ccc12. The molecule has 0 unspecified atom stereocenters. The lowest BCUT2D eigenvalue weighted by Crippen LogP contribution is -1.89. The van der Waals surface area contributed by atoms with Crippen LogP contribution in [0.1, 0.15) is 10.4 Å². The fourth-order valence-corrected chi connectivity index (χ4v) is 2.74. The molecular formula is C20H13NO2. The topological polar surface area (TPSA) is 39.2 Å². The molecule has 0 saturated heterocycles. The fourth-order valence-electron chi connectivity index (χ4n) is 2.74. The number of aldehydes is 1. The van der Waals surface area contributed by atoms with Crippen molar-refractivity contribution < 1.29 is 9.53 Å². The summed E-state index contributed by atoms with van der Waals surface area (Å²) >= 11 is 0. The van der Waals surface area contributed by atoms with E-state index in [2.05, 4.69) is 4.98 Å². The highest BCUT2D eigenvalue weighted by Gasteiger charge is 2.06. The van der Waals surface area contributed by atoms with Gasteiger partial charge in [0.05, 0.1) is 5.52 Å². The maximum atomic E-state index is 11.1. The van der Waals surface area contributed by atoms with Crippen molar-refractivity contribution in [3.8, 4) is 11.5 Å². The molecule has 4 rings (SSSR count). The lowest BCUT2D eigenvalue weighted by molar-refractivity contribution is 0.112. The molecule has 23 heavy (non-hydrogen) atoms. The van der Waals surface area contributed by atoms with E-state index in [1.54, 1.807) is 6.20 Å². The molecule has 4 aromatic rings. The van der Waals surface area contributed by atoms with Gasteiger partial charge >= 0.3 is 0 Å². The standard InChI is InChI=1S/C20H13NO2/c22-13-15-5-3-4-14-12-16(8-9-17(14)15)23-20-10-11-21-19-7-2-1-6-18(19)20/h1-13H. The van der Waals surface area contributed by atoms with E-state index in [1.165, 1.54) is 0 Å². The molecule has 0 aliphatic heterocycles. The number of para-hydroxylation sites is 1. The van der Waals surface area contributed by atoms with Gasteiger partial charge in [-0.2, -0.15) is 0 Å². The Morgan fingerprint density at radius 1 is 0.870 bits per heavy atom. The minimum atomic E-state index is 0.684.